The van der Waals surface area contributed by atoms with Gasteiger partial charge in [-0.25, -0.2) is 4.79 Å². The van der Waals surface area contributed by atoms with Crippen molar-refractivity contribution in [1.82, 2.24) is 0 Å². The summed E-state index contributed by atoms with van der Waals surface area (Å²) in [6.45, 7) is 6.24. The predicted octanol–water partition coefficient (Wildman–Crippen LogP) is 0.831. The fraction of sp³-hybridized carbons (Fsp3) is 0.625. The van der Waals surface area contributed by atoms with Crippen molar-refractivity contribution in [2.24, 2.45) is 5.16 Å². The van der Waals surface area contributed by atoms with Gasteiger partial charge in [0.1, 0.15) is 5.60 Å². The minimum Gasteiger partial charge on any atom is -0.476 e. The van der Waals surface area contributed by atoms with Gasteiger partial charge in [-0.2, -0.15) is 0 Å². The second-order valence-corrected chi connectivity index (χ2v) is 3.50. The van der Waals surface area contributed by atoms with Crippen molar-refractivity contribution in [1.29, 1.82) is 0 Å². The van der Waals surface area contributed by atoms with Crippen molar-refractivity contribution in [2.45, 2.75) is 33.3 Å². The van der Waals surface area contributed by atoms with E-state index in [2.05, 4.69) is 5.16 Å². The van der Waals surface area contributed by atoms with Gasteiger partial charge in [-0.05, 0) is 20.8 Å². The molecule has 0 saturated heterocycles. The van der Waals surface area contributed by atoms with Gasteiger partial charge in [-0.3, -0.25) is 4.79 Å². The van der Waals surface area contributed by atoms with Crippen LogP contribution in [-0.4, -0.2) is 28.2 Å². The molecule has 0 amide bonds. The number of rotatable bonds is 3. The fourth-order valence-corrected chi connectivity index (χ4v) is 0.436. The molecular weight excluding hydrogens is 174 g/mol. The van der Waals surface area contributed by atoms with E-state index in [1.165, 1.54) is 0 Å². The third-order valence-electron chi connectivity index (χ3n) is 0.947. The highest BCUT2D eigenvalue weighted by Crippen LogP contribution is 2.07. The Hall–Kier alpha value is -1.39. The zero-order valence-electron chi connectivity index (χ0n) is 8.12. The van der Waals surface area contributed by atoms with Crippen molar-refractivity contribution in [3.63, 3.8) is 0 Å². The lowest BCUT2D eigenvalue weighted by Gasteiger charge is -2.15. The number of carbonyl (C=O) groups is 2. The molecule has 1 N–H and O–H groups in total. The lowest BCUT2D eigenvalue weighted by Crippen LogP contribution is -2.24. The van der Waals surface area contributed by atoms with Gasteiger partial charge < -0.3 is 9.94 Å². The van der Waals surface area contributed by atoms with Crippen molar-refractivity contribution >= 4 is 17.5 Å². The molecule has 5 nitrogen and oxygen atoms in total. The van der Waals surface area contributed by atoms with E-state index in [1.54, 1.807) is 20.8 Å². The maximum Gasteiger partial charge on any atom is 0.361 e. The van der Waals surface area contributed by atoms with Crippen LogP contribution >= 0.6 is 0 Å². The Morgan fingerprint density at radius 1 is 1.31 bits per heavy atom. The lowest BCUT2D eigenvalue weighted by atomic mass is 10.2. The first-order chi connectivity index (χ1) is 5.74. The normalized spacial score (nSPS) is 12.5. The molecule has 0 heterocycles. The minimum absolute atomic E-state index is 0.588. The molecule has 0 spiro atoms. The fourth-order valence-electron chi connectivity index (χ4n) is 0.436. The SMILES string of the molecule is CC(=O)C(=NOC(C)(C)C)C(=O)O. The molecule has 0 saturated carbocycles. The first-order valence-electron chi connectivity index (χ1n) is 3.74. The number of nitrogens with zero attached hydrogens (tertiary/aromatic N) is 1. The second kappa shape index (κ2) is 4.02. The topological polar surface area (TPSA) is 76.0 Å². The molecule has 0 aromatic rings. The van der Waals surface area contributed by atoms with Crippen molar-refractivity contribution in [3.8, 4) is 0 Å². The Balaban J connectivity index is 4.57. The standard InChI is InChI=1S/C8H13NO4/c1-5(10)6(7(11)12)9-13-8(2,3)4/h1-4H3,(H,11,12). The number of aliphatic carboxylic acids is 1. The van der Waals surface area contributed by atoms with E-state index in [0.29, 0.717) is 0 Å². The Morgan fingerprint density at radius 3 is 2.00 bits per heavy atom. The monoisotopic (exact) mass is 187 g/mol. The van der Waals surface area contributed by atoms with Crippen LogP contribution < -0.4 is 0 Å². The third kappa shape index (κ3) is 4.95. The number of oxime groups is 1. The van der Waals surface area contributed by atoms with Gasteiger partial charge in [0.25, 0.3) is 0 Å². The maximum absolute atomic E-state index is 10.7. The van der Waals surface area contributed by atoms with Crippen molar-refractivity contribution < 1.29 is 19.5 Å². The zero-order valence-corrected chi connectivity index (χ0v) is 8.12. The highest BCUT2D eigenvalue weighted by molar-refractivity contribution is 6.63. The van der Waals surface area contributed by atoms with Gasteiger partial charge in [0.15, 0.2) is 5.78 Å². The molecule has 0 aliphatic carbocycles. The summed E-state index contributed by atoms with van der Waals surface area (Å²) >= 11 is 0. The molecule has 0 radical (unpaired) electrons. The van der Waals surface area contributed by atoms with E-state index in [1.807, 2.05) is 0 Å². The first kappa shape index (κ1) is 11.6. The van der Waals surface area contributed by atoms with E-state index in [9.17, 15) is 9.59 Å². The predicted molar refractivity (Wildman–Crippen MR) is 46.6 cm³/mol. The van der Waals surface area contributed by atoms with Crippen LogP contribution in [0.1, 0.15) is 27.7 Å². The average molecular weight is 187 g/mol. The van der Waals surface area contributed by atoms with E-state index < -0.39 is 23.1 Å². The Labute approximate surface area is 76.4 Å². The van der Waals surface area contributed by atoms with Gasteiger partial charge in [-0.15, -0.1) is 0 Å². The number of carboxylic acid groups (broad SMARTS) is 1. The van der Waals surface area contributed by atoms with E-state index in [4.69, 9.17) is 9.94 Å². The smallest absolute Gasteiger partial charge is 0.361 e. The van der Waals surface area contributed by atoms with E-state index in [-0.39, 0.29) is 0 Å². The molecule has 0 bridgehead atoms. The van der Waals surface area contributed by atoms with Gasteiger partial charge >= 0.3 is 5.97 Å². The number of hydrogen-bond donors (Lipinski definition) is 1. The Bertz CT molecular complexity index is 233. The molecule has 74 valence electrons. The van der Waals surface area contributed by atoms with Crippen LogP contribution in [0.3, 0.4) is 0 Å². The molecule has 0 aromatic heterocycles. The number of Topliss-reactive ketones (excluding diaryl/α,β-unsaturated/α-hetero) is 1. The number of hydrogen-bond acceptors (Lipinski definition) is 4. The maximum atomic E-state index is 10.7. The van der Waals surface area contributed by atoms with Gasteiger partial charge in [0, 0.05) is 6.92 Å². The van der Waals surface area contributed by atoms with Gasteiger partial charge in [0.2, 0.25) is 5.71 Å². The van der Waals surface area contributed by atoms with Gasteiger partial charge in [-0.1, -0.05) is 5.16 Å². The second-order valence-electron chi connectivity index (χ2n) is 3.50. The summed E-state index contributed by atoms with van der Waals surface area (Å²) in [6, 6.07) is 0. The van der Waals surface area contributed by atoms with Crippen LogP contribution in [-0.2, 0) is 14.4 Å². The van der Waals surface area contributed by atoms with Crippen molar-refractivity contribution in [3.05, 3.63) is 0 Å². The summed E-state index contributed by atoms with van der Waals surface area (Å²) in [6.07, 6.45) is 0. The lowest BCUT2D eigenvalue weighted by molar-refractivity contribution is -0.130. The highest BCUT2D eigenvalue weighted by Gasteiger charge is 2.18. The van der Waals surface area contributed by atoms with Crippen LogP contribution in [0.5, 0.6) is 0 Å². The number of carboxylic acids is 1. The quantitative estimate of drug-likeness (QED) is 0.403. The summed E-state index contributed by atoms with van der Waals surface area (Å²) in [4.78, 5) is 25.9. The largest absolute Gasteiger partial charge is 0.476 e. The zero-order chi connectivity index (χ0) is 10.6. The number of ketones is 1. The molecule has 0 rings (SSSR count). The number of carbonyl (C=O) groups excluding carboxylic acids is 1. The molecule has 13 heavy (non-hydrogen) atoms. The van der Waals surface area contributed by atoms with Crippen LogP contribution in [0.25, 0.3) is 0 Å². The Kier molecular flexibility index (Phi) is 3.59. The summed E-state index contributed by atoms with van der Waals surface area (Å²) in [5.74, 6) is -2.01. The summed E-state index contributed by atoms with van der Waals surface area (Å²) in [5.41, 5.74) is -1.19. The first-order valence-corrected chi connectivity index (χ1v) is 3.74. The molecular formula is C8H13NO4. The van der Waals surface area contributed by atoms with Gasteiger partial charge in [0.05, 0.1) is 0 Å². The minimum atomic E-state index is -1.38. The van der Waals surface area contributed by atoms with E-state index >= 15 is 0 Å². The third-order valence-corrected chi connectivity index (χ3v) is 0.947. The Morgan fingerprint density at radius 2 is 1.77 bits per heavy atom. The van der Waals surface area contributed by atoms with Crippen molar-refractivity contribution in [2.75, 3.05) is 0 Å². The van der Waals surface area contributed by atoms with Crippen LogP contribution in [0.4, 0.5) is 0 Å². The molecule has 5 heteroatoms. The van der Waals surface area contributed by atoms with Crippen LogP contribution in [0, 0.1) is 0 Å². The summed E-state index contributed by atoms with van der Waals surface area (Å²) in [7, 11) is 0. The average Bonchev–Trinajstić information content (AvgIpc) is 1.82. The molecule has 0 aliphatic rings. The molecule has 0 unspecified atom stereocenters. The molecule has 0 fully saturated rings. The molecule has 0 aromatic carbocycles. The molecule has 0 atom stereocenters. The van der Waals surface area contributed by atoms with Crippen LogP contribution in [0.2, 0.25) is 0 Å². The highest BCUT2D eigenvalue weighted by atomic mass is 16.6. The summed E-state index contributed by atoms with van der Waals surface area (Å²) in [5, 5.41) is 11.8. The summed E-state index contributed by atoms with van der Waals surface area (Å²) < 4.78 is 0. The molecule has 0 aliphatic heterocycles. The van der Waals surface area contributed by atoms with Crippen LogP contribution in [0.15, 0.2) is 5.16 Å². The van der Waals surface area contributed by atoms with E-state index in [0.717, 1.165) is 6.92 Å².